The number of carbonyl (C=O) groups excluding carboxylic acids is 8. The van der Waals surface area contributed by atoms with Crippen LogP contribution in [0.15, 0.2) is 73.3 Å². The number of aliphatic hydroxyl groups excluding tert-OH is 1. The van der Waals surface area contributed by atoms with Crippen LogP contribution < -0.4 is 43.4 Å². The molecule has 0 bridgehead atoms. The molecule has 0 saturated carbocycles. The number of aliphatic hydroxyl groups is 1. The van der Waals surface area contributed by atoms with E-state index in [2.05, 4.69) is 46.9 Å². The molecular formula is C52H74N12O9. The minimum atomic E-state index is -1.32. The van der Waals surface area contributed by atoms with Gasteiger partial charge in [-0.1, -0.05) is 82.1 Å². The number of H-pyrrole nitrogens is 2. The molecule has 1 aliphatic heterocycles. The number of nitrogens with one attached hydrogen (secondary N) is 8. The molecule has 1 fully saturated rings. The third-order valence-electron chi connectivity index (χ3n) is 12.9. The predicted molar refractivity (Wildman–Crippen MR) is 274 cm³/mol. The van der Waals surface area contributed by atoms with Crippen LogP contribution >= 0.6 is 0 Å². The SMILES string of the molecule is CCCCC(O)[C@@H](CC(C)C)NC(=O)C(Cc1cnc[nH]1)NC(=O)CN1CCCCC(NC(=O)C(C)NC(=O)C(Cc2c[nH]c3ccccc23)NC(=O)C(CCC(N)=O)NC(=O)[C@H](N)Cc2ccccc2)C1=O. The number of primary amides is 1. The second-order valence-corrected chi connectivity index (χ2v) is 19.4. The number of hydrogen-bond acceptors (Lipinski definition) is 11. The molecule has 4 aromatic rings. The van der Waals surface area contributed by atoms with Crippen LogP contribution in [0.5, 0.6) is 0 Å². The van der Waals surface area contributed by atoms with Crippen LogP contribution in [0.3, 0.4) is 0 Å². The van der Waals surface area contributed by atoms with Crippen LogP contribution in [0.1, 0.15) is 102 Å². The van der Waals surface area contributed by atoms with Crippen LogP contribution in [0.2, 0.25) is 0 Å². The topological polar surface area (TPSA) is 329 Å². The van der Waals surface area contributed by atoms with Crippen LogP contribution in [-0.2, 0) is 57.6 Å². The highest BCUT2D eigenvalue weighted by molar-refractivity contribution is 5.97. The van der Waals surface area contributed by atoms with Crippen molar-refractivity contribution < 1.29 is 43.5 Å². The zero-order valence-corrected chi connectivity index (χ0v) is 42.3. The lowest BCUT2D eigenvalue weighted by Gasteiger charge is -2.29. The predicted octanol–water partition coefficient (Wildman–Crippen LogP) is 1.05. The molecule has 2 aromatic heterocycles. The number of nitrogens with two attached hydrogens (primary N) is 2. The van der Waals surface area contributed by atoms with Gasteiger partial charge in [0.2, 0.25) is 47.3 Å². The summed E-state index contributed by atoms with van der Waals surface area (Å²) in [6.45, 7) is 7.23. The van der Waals surface area contributed by atoms with Gasteiger partial charge in [0.1, 0.15) is 30.2 Å². The Bertz CT molecular complexity index is 2460. The number of nitrogens with zero attached hydrogens (tertiary/aromatic N) is 2. The zero-order valence-electron chi connectivity index (χ0n) is 42.3. The summed E-state index contributed by atoms with van der Waals surface area (Å²) in [4.78, 5) is 120. The lowest BCUT2D eigenvalue weighted by Crippen LogP contribution is -2.59. The molecular weight excluding hydrogens is 937 g/mol. The summed E-state index contributed by atoms with van der Waals surface area (Å²) in [6.07, 6.45) is 7.63. The second-order valence-electron chi connectivity index (χ2n) is 19.4. The van der Waals surface area contributed by atoms with E-state index in [1.165, 1.54) is 18.2 Å². The van der Waals surface area contributed by atoms with Gasteiger partial charge < -0.3 is 63.3 Å². The van der Waals surface area contributed by atoms with E-state index in [0.29, 0.717) is 36.9 Å². The highest BCUT2D eigenvalue weighted by Gasteiger charge is 2.35. The first-order valence-electron chi connectivity index (χ1n) is 25.3. The Morgan fingerprint density at radius 3 is 2.18 bits per heavy atom. The monoisotopic (exact) mass is 1010 g/mol. The van der Waals surface area contributed by atoms with Gasteiger partial charge in [0.25, 0.3) is 0 Å². The fourth-order valence-electron chi connectivity index (χ4n) is 8.83. The van der Waals surface area contributed by atoms with Gasteiger partial charge in [-0.2, -0.15) is 0 Å². The summed E-state index contributed by atoms with van der Waals surface area (Å²) in [5.74, 6) is -5.10. The van der Waals surface area contributed by atoms with E-state index in [0.717, 1.165) is 29.3 Å². The van der Waals surface area contributed by atoms with Gasteiger partial charge in [-0.3, -0.25) is 38.4 Å². The molecule has 13 N–H and O–H groups in total. The summed E-state index contributed by atoms with van der Waals surface area (Å²) in [6, 6.07) is 8.81. The minimum absolute atomic E-state index is 0.0537. The van der Waals surface area contributed by atoms with Crippen LogP contribution in [0.4, 0.5) is 0 Å². The molecule has 0 spiro atoms. The number of unbranched alkanes of at least 4 members (excludes halogenated alkanes) is 1. The largest absolute Gasteiger partial charge is 0.391 e. The average Bonchev–Trinajstić information content (AvgIpc) is 4.00. The normalized spacial score (nSPS) is 16.7. The first kappa shape index (κ1) is 56.8. The number of aromatic nitrogens is 3. The zero-order chi connectivity index (χ0) is 53.0. The molecule has 8 amide bonds. The van der Waals surface area contributed by atoms with Crippen molar-refractivity contribution >= 4 is 58.2 Å². The van der Waals surface area contributed by atoms with Gasteiger partial charge in [-0.25, -0.2) is 4.98 Å². The number of aromatic amines is 2. The molecule has 5 rings (SSSR count). The molecule has 2 aromatic carbocycles. The Morgan fingerprint density at radius 1 is 0.795 bits per heavy atom. The van der Waals surface area contributed by atoms with E-state index in [4.69, 9.17) is 11.5 Å². The Kier molecular flexibility index (Phi) is 21.9. The van der Waals surface area contributed by atoms with Crippen molar-refractivity contribution in [3.05, 3.63) is 90.1 Å². The number of benzene rings is 2. The number of imidazole rings is 1. The fraction of sp³-hybridized carbons (Fsp3) is 0.519. The number of likely N-dealkylation sites (tertiary alicyclic amines) is 1. The maximum Gasteiger partial charge on any atom is 0.245 e. The maximum atomic E-state index is 14.2. The first-order chi connectivity index (χ1) is 34.9. The lowest BCUT2D eigenvalue weighted by atomic mass is 9.95. The van der Waals surface area contributed by atoms with Gasteiger partial charge in [-0.05, 0) is 75.0 Å². The highest BCUT2D eigenvalue weighted by Crippen LogP contribution is 2.20. The summed E-state index contributed by atoms with van der Waals surface area (Å²) < 4.78 is 0. The Labute approximate surface area is 425 Å². The summed E-state index contributed by atoms with van der Waals surface area (Å²) in [7, 11) is 0. The van der Waals surface area contributed by atoms with E-state index >= 15 is 0 Å². The fourth-order valence-corrected chi connectivity index (χ4v) is 8.83. The van der Waals surface area contributed by atoms with Crippen LogP contribution in [0, 0.1) is 5.92 Å². The maximum absolute atomic E-state index is 14.2. The van der Waals surface area contributed by atoms with Crippen molar-refractivity contribution in [2.75, 3.05) is 13.1 Å². The van der Waals surface area contributed by atoms with Crippen molar-refractivity contribution in [1.82, 2.24) is 51.8 Å². The van der Waals surface area contributed by atoms with Gasteiger partial charge in [0.05, 0.1) is 31.1 Å². The average molecular weight is 1010 g/mol. The molecule has 21 heteroatoms. The van der Waals surface area contributed by atoms with Crippen LogP contribution in [0.25, 0.3) is 10.9 Å². The third-order valence-corrected chi connectivity index (χ3v) is 12.9. The Hall–Kier alpha value is -7.13. The number of carbonyl (C=O) groups is 8. The molecule has 6 unspecified atom stereocenters. The number of rotatable bonds is 28. The standard InChI is InChI=1S/C52H74N12O9/c1-5-6-19-44(65)41(23-31(2)3)62-51(72)43(26-35-28-55-30-57-35)59-46(67)29-64-22-13-12-18-40(52(64)73)61-47(68)32(4)58-50(71)42(25-34-27-56-38-17-11-10-16-36(34)38)63-49(70)39(20-21-45(54)66)60-48(69)37(53)24-33-14-8-7-9-15-33/h7-11,14-17,27-28,30-32,37,39-44,56,65H,5-6,12-13,18-26,29,53H2,1-4H3,(H2,54,66)(H,55,57)(H,58,71)(H,59,67)(H,60,69)(H,61,68)(H,62,72)(H,63,70)/t32?,37-,39?,40?,41-,42?,43?,44?/m1/s1. The molecule has 21 nitrogen and oxygen atoms in total. The number of fused-ring (bicyclic) bond motifs is 1. The van der Waals surface area contributed by atoms with E-state index in [-0.39, 0.29) is 51.0 Å². The van der Waals surface area contributed by atoms with Crippen molar-refractivity contribution in [1.29, 1.82) is 0 Å². The second kappa shape index (κ2) is 28.2. The minimum Gasteiger partial charge on any atom is -0.391 e. The van der Waals surface area contributed by atoms with E-state index < -0.39 is 102 Å². The summed E-state index contributed by atoms with van der Waals surface area (Å²) in [5.41, 5.74) is 14.5. The van der Waals surface area contributed by atoms with Crippen molar-refractivity contribution in [2.45, 2.75) is 153 Å². The molecule has 0 radical (unpaired) electrons. The third kappa shape index (κ3) is 17.8. The highest BCUT2D eigenvalue weighted by atomic mass is 16.3. The number of hydrogen-bond donors (Lipinski definition) is 11. The van der Waals surface area contributed by atoms with Crippen molar-refractivity contribution in [2.24, 2.45) is 17.4 Å². The number of amides is 8. The first-order valence-corrected chi connectivity index (χ1v) is 25.3. The number of para-hydroxylation sites is 1. The molecule has 8 atom stereocenters. The smallest absolute Gasteiger partial charge is 0.245 e. The summed E-state index contributed by atoms with van der Waals surface area (Å²) >= 11 is 0. The molecule has 1 saturated heterocycles. The van der Waals surface area contributed by atoms with E-state index in [1.54, 1.807) is 24.5 Å². The van der Waals surface area contributed by atoms with E-state index in [9.17, 15) is 43.5 Å². The van der Waals surface area contributed by atoms with E-state index in [1.807, 2.05) is 63.2 Å². The molecule has 1 aliphatic rings. The van der Waals surface area contributed by atoms with Gasteiger partial charge in [0.15, 0.2) is 0 Å². The Morgan fingerprint density at radius 2 is 1.48 bits per heavy atom. The van der Waals surface area contributed by atoms with Crippen LogP contribution in [-0.4, -0.2) is 134 Å². The molecule has 396 valence electrons. The molecule has 3 heterocycles. The van der Waals surface area contributed by atoms with Gasteiger partial charge in [-0.15, -0.1) is 0 Å². The lowest BCUT2D eigenvalue weighted by molar-refractivity contribution is -0.140. The van der Waals surface area contributed by atoms with Gasteiger partial charge >= 0.3 is 0 Å². The molecule has 73 heavy (non-hydrogen) atoms. The summed E-state index contributed by atoms with van der Waals surface area (Å²) in [5, 5.41) is 28.3. The molecule has 0 aliphatic carbocycles. The van der Waals surface area contributed by atoms with Crippen molar-refractivity contribution in [3.63, 3.8) is 0 Å². The van der Waals surface area contributed by atoms with Gasteiger partial charge in [0, 0.05) is 54.8 Å². The Balaban J connectivity index is 1.26. The van der Waals surface area contributed by atoms with Crippen molar-refractivity contribution in [3.8, 4) is 0 Å². The quantitative estimate of drug-likeness (QED) is 0.0382.